The van der Waals surface area contributed by atoms with Crippen LogP contribution in [0.4, 0.5) is 0 Å². The average Bonchev–Trinajstić information content (AvgIpc) is 2.92. The van der Waals surface area contributed by atoms with Gasteiger partial charge in [-0.25, -0.2) is 4.99 Å². The first kappa shape index (κ1) is 22.7. The Morgan fingerprint density at radius 3 is 2.54 bits per heavy atom. The molecule has 0 saturated heterocycles. The molecule has 1 unspecified atom stereocenters. The number of benzene rings is 1. The molecule has 1 aromatic carbocycles. The first-order chi connectivity index (χ1) is 12.0. The van der Waals surface area contributed by atoms with E-state index in [4.69, 9.17) is 11.6 Å². The molecule has 2 aromatic rings. The van der Waals surface area contributed by atoms with Gasteiger partial charge in [-0.05, 0) is 38.0 Å². The molecule has 0 saturated carbocycles. The maximum atomic E-state index is 5.97. The largest absolute Gasteiger partial charge is 0.356 e. The van der Waals surface area contributed by atoms with E-state index >= 15 is 0 Å². The van der Waals surface area contributed by atoms with Gasteiger partial charge in [0.2, 0.25) is 0 Å². The Bertz CT molecular complexity index is 698. The van der Waals surface area contributed by atoms with Crippen LogP contribution >= 0.6 is 35.6 Å². The predicted molar refractivity (Wildman–Crippen MR) is 118 cm³/mol. The summed E-state index contributed by atoms with van der Waals surface area (Å²) >= 11 is 5.97. The first-order valence-corrected chi connectivity index (χ1v) is 9.04. The van der Waals surface area contributed by atoms with Gasteiger partial charge in [-0.15, -0.1) is 34.2 Å². The van der Waals surface area contributed by atoms with Crippen molar-refractivity contribution < 1.29 is 0 Å². The Balaban J connectivity index is 0.00000338. The van der Waals surface area contributed by atoms with Crippen LogP contribution in [0, 0.1) is 6.92 Å². The van der Waals surface area contributed by atoms with Gasteiger partial charge in [-0.3, -0.25) is 0 Å². The van der Waals surface area contributed by atoms with Crippen molar-refractivity contribution in [1.29, 1.82) is 0 Å². The van der Waals surface area contributed by atoms with Crippen LogP contribution in [0.3, 0.4) is 0 Å². The zero-order valence-corrected chi connectivity index (χ0v) is 18.9. The number of halogens is 2. The molecular formula is C18H28ClIN6. The Hall–Kier alpha value is -1.35. The summed E-state index contributed by atoms with van der Waals surface area (Å²) in [5, 5.41) is 15.8. The summed E-state index contributed by atoms with van der Waals surface area (Å²) in [5.74, 6) is 2.50. The molecule has 2 N–H and O–H groups in total. The maximum Gasteiger partial charge on any atom is 0.192 e. The Kier molecular flexibility index (Phi) is 9.93. The topological polar surface area (TPSA) is 67.1 Å². The standard InChI is InChI=1S/C18H27ClN6.HI/c1-5-6-11-20-18(21-12-17-24-23-14(3)25(17)4)22-13(2)15-7-9-16(19)10-8-15;/h7-10,13H,5-6,11-12H2,1-4H3,(H2,20,21,22);1H. The maximum absolute atomic E-state index is 5.97. The lowest BCUT2D eigenvalue weighted by Gasteiger charge is -2.19. The molecule has 144 valence electrons. The summed E-state index contributed by atoms with van der Waals surface area (Å²) in [6.45, 7) is 7.57. The lowest BCUT2D eigenvalue weighted by molar-refractivity contribution is 0.663. The van der Waals surface area contributed by atoms with E-state index in [1.54, 1.807) is 0 Å². The van der Waals surface area contributed by atoms with E-state index in [0.717, 1.165) is 47.6 Å². The fourth-order valence-electron chi connectivity index (χ4n) is 2.31. The van der Waals surface area contributed by atoms with Gasteiger partial charge in [0.25, 0.3) is 0 Å². The van der Waals surface area contributed by atoms with Gasteiger partial charge in [0.05, 0.1) is 6.04 Å². The highest BCUT2D eigenvalue weighted by Gasteiger charge is 2.09. The SMILES string of the molecule is CCCCNC(=NCc1nnc(C)n1C)NC(C)c1ccc(Cl)cc1.I. The second-order valence-corrected chi connectivity index (χ2v) is 6.52. The van der Waals surface area contributed by atoms with Crippen LogP contribution < -0.4 is 10.6 Å². The molecule has 6 nitrogen and oxygen atoms in total. The number of unbranched alkanes of at least 4 members (excludes halogenated alkanes) is 1. The summed E-state index contributed by atoms with van der Waals surface area (Å²) in [6.07, 6.45) is 2.23. The van der Waals surface area contributed by atoms with E-state index in [1.165, 1.54) is 0 Å². The number of aliphatic imine (C=N–C) groups is 1. The lowest BCUT2D eigenvalue weighted by Crippen LogP contribution is -2.39. The summed E-state index contributed by atoms with van der Waals surface area (Å²) in [5.41, 5.74) is 1.16. The van der Waals surface area contributed by atoms with Crippen molar-refractivity contribution in [3.05, 3.63) is 46.5 Å². The normalized spacial score (nSPS) is 12.4. The van der Waals surface area contributed by atoms with Crippen LogP contribution in [0.15, 0.2) is 29.3 Å². The molecule has 1 heterocycles. The zero-order chi connectivity index (χ0) is 18.2. The first-order valence-electron chi connectivity index (χ1n) is 8.66. The van der Waals surface area contributed by atoms with Crippen molar-refractivity contribution in [2.75, 3.05) is 6.54 Å². The van der Waals surface area contributed by atoms with E-state index in [9.17, 15) is 0 Å². The van der Waals surface area contributed by atoms with Crippen LogP contribution in [0.1, 0.15) is 49.9 Å². The third-order valence-electron chi connectivity index (χ3n) is 4.11. The van der Waals surface area contributed by atoms with E-state index in [2.05, 4.69) is 39.7 Å². The Morgan fingerprint density at radius 2 is 1.96 bits per heavy atom. The number of nitrogens with zero attached hydrogens (tertiary/aromatic N) is 4. The third kappa shape index (κ3) is 6.75. The smallest absolute Gasteiger partial charge is 0.192 e. The molecule has 2 rings (SSSR count). The molecule has 1 atom stereocenters. The molecule has 1 aromatic heterocycles. The van der Waals surface area contributed by atoms with Gasteiger partial charge in [0, 0.05) is 18.6 Å². The average molecular weight is 491 g/mol. The number of nitrogens with one attached hydrogen (secondary N) is 2. The highest BCUT2D eigenvalue weighted by Crippen LogP contribution is 2.16. The van der Waals surface area contributed by atoms with Crippen LogP contribution in [-0.2, 0) is 13.6 Å². The number of hydrogen-bond donors (Lipinski definition) is 2. The fourth-order valence-corrected chi connectivity index (χ4v) is 2.44. The Labute approximate surface area is 177 Å². The second kappa shape index (κ2) is 11.4. The minimum Gasteiger partial charge on any atom is -0.356 e. The lowest BCUT2D eigenvalue weighted by atomic mass is 10.1. The molecule has 0 aliphatic carbocycles. The van der Waals surface area contributed by atoms with E-state index in [-0.39, 0.29) is 30.0 Å². The highest BCUT2D eigenvalue weighted by atomic mass is 127. The van der Waals surface area contributed by atoms with Gasteiger partial charge in [-0.1, -0.05) is 37.1 Å². The van der Waals surface area contributed by atoms with E-state index in [1.807, 2.05) is 42.8 Å². The minimum atomic E-state index is 0. The highest BCUT2D eigenvalue weighted by molar-refractivity contribution is 14.0. The number of aromatic nitrogens is 3. The molecule has 0 fully saturated rings. The van der Waals surface area contributed by atoms with Gasteiger partial charge in [-0.2, -0.15) is 0 Å². The predicted octanol–water partition coefficient (Wildman–Crippen LogP) is 3.99. The third-order valence-corrected chi connectivity index (χ3v) is 4.36. The van der Waals surface area contributed by atoms with Crippen molar-refractivity contribution in [2.45, 2.75) is 46.2 Å². The van der Waals surface area contributed by atoms with Crippen LogP contribution in [-0.4, -0.2) is 27.3 Å². The second-order valence-electron chi connectivity index (χ2n) is 6.09. The van der Waals surface area contributed by atoms with Gasteiger partial charge >= 0.3 is 0 Å². The van der Waals surface area contributed by atoms with Gasteiger partial charge in [0.15, 0.2) is 11.8 Å². The van der Waals surface area contributed by atoms with Crippen LogP contribution in [0.25, 0.3) is 0 Å². The monoisotopic (exact) mass is 490 g/mol. The summed E-state index contributed by atoms with van der Waals surface area (Å²) in [7, 11) is 1.95. The molecule has 0 aliphatic heterocycles. The van der Waals surface area contributed by atoms with Crippen molar-refractivity contribution in [3.8, 4) is 0 Å². The fraction of sp³-hybridized carbons (Fsp3) is 0.500. The van der Waals surface area contributed by atoms with Gasteiger partial charge in [0.1, 0.15) is 12.4 Å². The van der Waals surface area contributed by atoms with Crippen molar-refractivity contribution in [1.82, 2.24) is 25.4 Å². The van der Waals surface area contributed by atoms with Gasteiger partial charge < -0.3 is 15.2 Å². The van der Waals surface area contributed by atoms with Crippen LogP contribution in [0.2, 0.25) is 5.02 Å². The summed E-state index contributed by atoms with van der Waals surface area (Å²) in [4.78, 5) is 4.67. The van der Waals surface area contributed by atoms with E-state index in [0.29, 0.717) is 6.54 Å². The molecular weight excluding hydrogens is 463 g/mol. The van der Waals surface area contributed by atoms with Crippen molar-refractivity contribution >= 4 is 41.5 Å². The molecule has 0 amide bonds. The molecule has 8 heteroatoms. The zero-order valence-electron chi connectivity index (χ0n) is 15.8. The molecule has 0 bridgehead atoms. The number of rotatable bonds is 7. The molecule has 0 aliphatic rings. The summed E-state index contributed by atoms with van der Waals surface area (Å²) < 4.78 is 1.95. The van der Waals surface area contributed by atoms with Crippen molar-refractivity contribution in [2.24, 2.45) is 12.0 Å². The van der Waals surface area contributed by atoms with Crippen molar-refractivity contribution in [3.63, 3.8) is 0 Å². The minimum absolute atomic E-state index is 0. The van der Waals surface area contributed by atoms with Crippen LogP contribution in [0.5, 0.6) is 0 Å². The van der Waals surface area contributed by atoms with E-state index < -0.39 is 0 Å². The molecule has 0 radical (unpaired) electrons. The molecule has 26 heavy (non-hydrogen) atoms. The summed E-state index contributed by atoms with van der Waals surface area (Å²) in [6, 6.07) is 7.97. The Morgan fingerprint density at radius 1 is 1.27 bits per heavy atom. The molecule has 0 spiro atoms. The number of guanidine groups is 1. The quantitative estimate of drug-likeness (QED) is 0.267. The number of hydrogen-bond acceptors (Lipinski definition) is 3. The number of aryl methyl sites for hydroxylation is 1.